The summed E-state index contributed by atoms with van der Waals surface area (Å²) >= 11 is 5.94. The second-order valence-electron chi connectivity index (χ2n) is 5.37. The molecular weight excluding hydrogens is 286 g/mol. The smallest absolute Gasteiger partial charge is 0.0952 e. The number of nitrogens with zero attached hydrogens (tertiary/aromatic N) is 3. The third-order valence-electron chi connectivity index (χ3n) is 3.84. The molecule has 21 heavy (non-hydrogen) atoms. The molecule has 0 N–H and O–H groups in total. The fraction of sp³-hybridized carbons (Fsp3) is 0.438. The second kappa shape index (κ2) is 7.07. The zero-order valence-electron chi connectivity index (χ0n) is 12.0. The highest BCUT2D eigenvalue weighted by molar-refractivity contribution is 6.30. The van der Waals surface area contributed by atoms with Crippen molar-refractivity contribution in [2.75, 3.05) is 26.2 Å². The van der Waals surface area contributed by atoms with Crippen molar-refractivity contribution in [2.45, 2.75) is 19.1 Å². The van der Waals surface area contributed by atoms with Crippen molar-refractivity contribution in [2.24, 2.45) is 0 Å². The van der Waals surface area contributed by atoms with Crippen molar-refractivity contribution < 1.29 is 4.74 Å². The minimum absolute atomic E-state index is 0.157. The van der Waals surface area contributed by atoms with Gasteiger partial charge in [0, 0.05) is 43.6 Å². The predicted molar refractivity (Wildman–Crippen MR) is 83.4 cm³/mol. The van der Waals surface area contributed by atoms with Gasteiger partial charge in [-0.3, -0.25) is 4.90 Å². The van der Waals surface area contributed by atoms with E-state index in [-0.39, 0.29) is 6.10 Å². The number of hydrogen-bond donors (Lipinski definition) is 0. The van der Waals surface area contributed by atoms with E-state index >= 15 is 0 Å². The highest BCUT2D eigenvalue weighted by Gasteiger charge is 2.21. The summed E-state index contributed by atoms with van der Waals surface area (Å²) < 4.78 is 8.01. The van der Waals surface area contributed by atoms with Gasteiger partial charge in [-0.1, -0.05) is 23.7 Å². The van der Waals surface area contributed by atoms with Gasteiger partial charge in [-0.05, 0) is 24.1 Å². The minimum Gasteiger partial charge on any atom is -0.371 e. The first-order valence-electron chi connectivity index (χ1n) is 7.36. The van der Waals surface area contributed by atoms with E-state index < -0.39 is 0 Å². The number of ether oxygens (including phenoxy) is 1. The van der Waals surface area contributed by atoms with Crippen LogP contribution in [-0.2, 0) is 11.3 Å². The molecule has 2 aromatic rings. The molecular formula is C16H20ClN3O. The maximum Gasteiger partial charge on any atom is 0.0952 e. The molecule has 0 spiro atoms. The largest absolute Gasteiger partial charge is 0.371 e. The van der Waals surface area contributed by atoms with Gasteiger partial charge in [0.15, 0.2) is 0 Å². The lowest BCUT2D eigenvalue weighted by Gasteiger charge is -2.33. The Morgan fingerprint density at radius 2 is 2.10 bits per heavy atom. The highest BCUT2D eigenvalue weighted by atomic mass is 35.5. The monoisotopic (exact) mass is 305 g/mol. The summed E-state index contributed by atoms with van der Waals surface area (Å²) in [5.74, 6) is 0. The molecule has 0 aliphatic carbocycles. The molecule has 2 heterocycles. The van der Waals surface area contributed by atoms with Crippen LogP contribution in [0.3, 0.4) is 0 Å². The van der Waals surface area contributed by atoms with Crippen molar-refractivity contribution in [1.29, 1.82) is 0 Å². The molecule has 3 rings (SSSR count). The van der Waals surface area contributed by atoms with E-state index in [0.717, 1.165) is 44.2 Å². The quantitative estimate of drug-likeness (QED) is 0.850. The van der Waals surface area contributed by atoms with Crippen molar-refractivity contribution in [3.8, 4) is 0 Å². The van der Waals surface area contributed by atoms with E-state index in [9.17, 15) is 0 Å². The summed E-state index contributed by atoms with van der Waals surface area (Å²) in [5, 5.41) is 0.770. The van der Waals surface area contributed by atoms with Gasteiger partial charge < -0.3 is 9.30 Å². The van der Waals surface area contributed by atoms with Gasteiger partial charge in [0.2, 0.25) is 0 Å². The average molecular weight is 306 g/mol. The highest BCUT2D eigenvalue weighted by Crippen LogP contribution is 2.23. The standard InChI is InChI=1S/C16H20ClN3O/c17-15-4-2-14(3-5-15)16-12-19(10-11-21-16)7-1-8-20-9-6-18-13-20/h2-6,9,13,16H,1,7-8,10-12H2. The molecule has 5 heteroatoms. The zero-order chi connectivity index (χ0) is 14.5. The lowest BCUT2D eigenvalue weighted by molar-refractivity contribution is -0.0304. The number of imidazole rings is 1. The van der Waals surface area contributed by atoms with Gasteiger partial charge in [0.1, 0.15) is 0 Å². The van der Waals surface area contributed by atoms with Gasteiger partial charge >= 0.3 is 0 Å². The third-order valence-corrected chi connectivity index (χ3v) is 4.09. The first kappa shape index (κ1) is 14.6. The molecule has 1 aliphatic rings. The molecule has 4 nitrogen and oxygen atoms in total. The molecule has 0 radical (unpaired) electrons. The Balaban J connectivity index is 1.49. The Bertz CT molecular complexity index is 541. The molecule has 112 valence electrons. The van der Waals surface area contributed by atoms with E-state index in [0.29, 0.717) is 0 Å². The molecule has 1 aliphatic heterocycles. The first-order valence-corrected chi connectivity index (χ1v) is 7.74. The third kappa shape index (κ3) is 4.06. The van der Waals surface area contributed by atoms with Crippen LogP contribution in [0.15, 0.2) is 43.0 Å². The topological polar surface area (TPSA) is 30.3 Å². The van der Waals surface area contributed by atoms with Crippen LogP contribution in [0.25, 0.3) is 0 Å². The molecule has 1 atom stereocenters. The molecule has 1 saturated heterocycles. The van der Waals surface area contributed by atoms with E-state index in [1.807, 2.05) is 30.9 Å². The van der Waals surface area contributed by atoms with Crippen LogP contribution >= 0.6 is 11.6 Å². The van der Waals surface area contributed by atoms with E-state index in [1.54, 1.807) is 0 Å². The van der Waals surface area contributed by atoms with Crippen LogP contribution in [0.5, 0.6) is 0 Å². The summed E-state index contributed by atoms with van der Waals surface area (Å²) in [6.07, 6.45) is 6.99. The number of halogens is 1. The van der Waals surface area contributed by atoms with E-state index in [4.69, 9.17) is 16.3 Å². The first-order chi connectivity index (χ1) is 10.3. The summed E-state index contributed by atoms with van der Waals surface area (Å²) in [6.45, 7) is 4.85. The molecule has 1 aromatic carbocycles. The summed E-state index contributed by atoms with van der Waals surface area (Å²) in [4.78, 5) is 6.54. The number of rotatable bonds is 5. The van der Waals surface area contributed by atoms with Crippen LogP contribution in [0, 0.1) is 0 Å². The average Bonchev–Trinajstić information content (AvgIpc) is 3.02. The van der Waals surface area contributed by atoms with Gasteiger partial charge in [-0.25, -0.2) is 4.98 Å². The zero-order valence-corrected chi connectivity index (χ0v) is 12.7. The van der Waals surface area contributed by atoms with E-state index in [1.165, 1.54) is 5.56 Å². The maximum absolute atomic E-state index is 5.94. The van der Waals surface area contributed by atoms with Crippen LogP contribution in [0.1, 0.15) is 18.1 Å². The Morgan fingerprint density at radius 1 is 1.24 bits per heavy atom. The molecule has 1 aromatic heterocycles. The van der Waals surface area contributed by atoms with Crippen LogP contribution in [0.4, 0.5) is 0 Å². The summed E-state index contributed by atoms with van der Waals surface area (Å²) in [7, 11) is 0. The number of hydrogen-bond acceptors (Lipinski definition) is 3. The Hall–Kier alpha value is -1.36. The van der Waals surface area contributed by atoms with Crippen molar-refractivity contribution in [3.05, 3.63) is 53.6 Å². The molecule has 1 unspecified atom stereocenters. The van der Waals surface area contributed by atoms with Gasteiger partial charge in [0.25, 0.3) is 0 Å². The van der Waals surface area contributed by atoms with Gasteiger partial charge in [-0.15, -0.1) is 0 Å². The van der Waals surface area contributed by atoms with Crippen LogP contribution < -0.4 is 0 Å². The van der Waals surface area contributed by atoms with E-state index in [2.05, 4.69) is 26.6 Å². The molecule has 1 fully saturated rings. The predicted octanol–water partition coefficient (Wildman–Crippen LogP) is 3.00. The van der Waals surface area contributed by atoms with Gasteiger partial charge in [0.05, 0.1) is 19.0 Å². The van der Waals surface area contributed by atoms with Crippen molar-refractivity contribution >= 4 is 11.6 Å². The normalized spacial score (nSPS) is 19.8. The fourth-order valence-corrected chi connectivity index (χ4v) is 2.81. The lowest BCUT2D eigenvalue weighted by Crippen LogP contribution is -2.39. The SMILES string of the molecule is Clc1ccc(C2CN(CCCn3ccnc3)CCO2)cc1. The molecule has 0 bridgehead atoms. The van der Waals surface area contributed by atoms with Crippen LogP contribution in [0.2, 0.25) is 5.02 Å². The molecule has 0 saturated carbocycles. The Kier molecular flexibility index (Phi) is 4.91. The van der Waals surface area contributed by atoms with Gasteiger partial charge in [-0.2, -0.15) is 0 Å². The number of morpholine rings is 1. The van der Waals surface area contributed by atoms with Crippen molar-refractivity contribution in [3.63, 3.8) is 0 Å². The fourth-order valence-electron chi connectivity index (χ4n) is 2.68. The summed E-state index contributed by atoms with van der Waals surface area (Å²) in [6, 6.07) is 7.97. The Labute approximate surface area is 130 Å². The second-order valence-corrected chi connectivity index (χ2v) is 5.80. The minimum atomic E-state index is 0.157. The number of aryl methyl sites for hydroxylation is 1. The number of aromatic nitrogens is 2. The maximum atomic E-state index is 5.94. The lowest BCUT2D eigenvalue weighted by atomic mass is 10.1. The summed E-state index contributed by atoms with van der Waals surface area (Å²) in [5.41, 5.74) is 1.21. The number of benzene rings is 1. The van der Waals surface area contributed by atoms with Crippen LogP contribution in [-0.4, -0.2) is 40.7 Å². The van der Waals surface area contributed by atoms with Crippen molar-refractivity contribution in [1.82, 2.24) is 14.5 Å². The Morgan fingerprint density at radius 3 is 2.86 bits per heavy atom. The molecule has 0 amide bonds.